The summed E-state index contributed by atoms with van der Waals surface area (Å²) in [6.07, 6.45) is 0. The summed E-state index contributed by atoms with van der Waals surface area (Å²) < 4.78 is 20.4. The highest BCUT2D eigenvalue weighted by atomic mass is 16.5. The predicted molar refractivity (Wildman–Crippen MR) is 111 cm³/mol. The fourth-order valence-corrected chi connectivity index (χ4v) is 2.65. The number of nitrogen functional groups attached to an aromatic ring is 1. The van der Waals surface area contributed by atoms with Crippen LogP contribution in [0.4, 0.5) is 5.69 Å². The molecule has 0 fully saturated rings. The Balaban J connectivity index is 0.000000221. The van der Waals surface area contributed by atoms with Crippen molar-refractivity contribution in [2.45, 2.75) is 13.8 Å². The van der Waals surface area contributed by atoms with Gasteiger partial charge in [0.25, 0.3) is 0 Å². The molecule has 150 valence electrons. The standard InChI is InChI=1S/C13H15NO3.C8H11NO2/c1-7-8(2)14-12-10(13(7)15)5-9(16-3)6-11(12)17-4;1-10-6-3-4-7(9)8(5-6)11-2/h5-6H,1-4H3,(H,14,15);3-5H,9H2,1-2H3. The topological polar surface area (TPSA) is 95.8 Å². The first-order chi connectivity index (χ1) is 13.4. The summed E-state index contributed by atoms with van der Waals surface area (Å²) in [5.41, 5.74) is 8.48. The third-order valence-electron chi connectivity index (χ3n) is 4.43. The lowest BCUT2D eigenvalue weighted by molar-refractivity contribution is 0.395. The first-order valence-electron chi connectivity index (χ1n) is 8.59. The molecule has 0 atom stereocenters. The Morgan fingerprint density at radius 2 is 1.43 bits per heavy atom. The molecule has 0 amide bonds. The summed E-state index contributed by atoms with van der Waals surface area (Å²) in [4.78, 5) is 15.3. The first-order valence-corrected chi connectivity index (χ1v) is 8.59. The molecular formula is C21H26N2O5. The second-order valence-corrected chi connectivity index (χ2v) is 6.06. The number of H-pyrrole nitrogens is 1. The number of hydrogen-bond donors (Lipinski definition) is 2. The molecule has 1 aromatic heterocycles. The molecule has 28 heavy (non-hydrogen) atoms. The van der Waals surface area contributed by atoms with Crippen molar-refractivity contribution in [2.24, 2.45) is 0 Å². The van der Waals surface area contributed by atoms with Crippen molar-refractivity contribution >= 4 is 16.6 Å². The quantitative estimate of drug-likeness (QED) is 0.667. The van der Waals surface area contributed by atoms with E-state index in [0.717, 1.165) is 11.4 Å². The van der Waals surface area contributed by atoms with E-state index in [9.17, 15) is 4.79 Å². The Morgan fingerprint density at radius 1 is 0.821 bits per heavy atom. The molecule has 3 aromatic rings. The minimum atomic E-state index is 0.00782. The number of fused-ring (bicyclic) bond motifs is 1. The van der Waals surface area contributed by atoms with Gasteiger partial charge in [-0.25, -0.2) is 0 Å². The van der Waals surface area contributed by atoms with Crippen molar-refractivity contribution in [1.29, 1.82) is 0 Å². The lowest BCUT2D eigenvalue weighted by atomic mass is 10.1. The molecule has 0 aliphatic carbocycles. The van der Waals surface area contributed by atoms with Gasteiger partial charge < -0.3 is 29.7 Å². The van der Waals surface area contributed by atoms with Crippen LogP contribution in [0.5, 0.6) is 23.0 Å². The third-order valence-corrected chi connectivity index (χ3v) is 4.43. The van der Waals surface area contributed by atoms with Crippen molar-refractivity contribution in [3.8, 4) is 23.0 Å². The van der Waals surface area contributed by atoms with Crippen molar-refractivity contribution in [3.63, 3.8) is 0 Å². The van der Waals surface area contributed by atoms with E-state index in [4.69, 9.17) is 24.7 Å². The number of anilines is 1. The third kappa shape index (κ3) is 4.31. The highest BCUT2D eigenvalue weighted by molar-refractivity contribution is 5.86. The average Bonchev–Trinajstić information content (AvgIpc) is 2.72. The fraction of sp³-hybridized carbons (Fsp3) is 0.286. The summed E-state index contributed by atoms with van der Waals surface area (Å²) in [6, 6.07) is 8.76. The maximum Gasteiger partial charge on any atom is 0.192 e. The number of rotatable bonds is 4. The van der Waals surface area contributed by atoms with Gasteiger partial charge in [-0.3, -0.25) is 4.79 Å². The zero-order valence-electron chi connectivity index (χ0n) is 17.0. The van der Waals surface area contributed by atoms with Crippen molar-refractivity contribution in [2.75, 3.05) is 34.2 Å². The monoisotopic (exact) mass is 386 g/mol. The van der Waals surface area contributed by atoms with E-state index in [2.05, 4.69) is 4.98 Å². The molecule has 7 heteroatoms. The van der Waals surface area contributed by atoms with E-state index in [1.165, 1.54) is 0 Å². The molecule has 7 nitrogen and oxygen atoms in total. The minimum absolute atomic E-state index is 0.00782. The van der Waals surface area contributed by atoms with Gasteiger partial charge >= 0.3 is 0 Å². The lowest BCUT2D eigenvalue weighted by Crippen LogP contribution is -2.10. The van der Waals surface area contributed by atoms with Gasteiger partial charge in [0.15, 0.2) is 5.43 Å². The van der Waals surface area contributed by atoms with Crippen molar-refractivity contribution in [3.05, 3.63) is 51.8 Å². The maximum atomic E-state index is 12.2. The van der Waals surface area contributed by atoms with Crippen molar-refractivity contribution in [1.82, 2.24) is 4.98 Å². The van der Waals surface area contributed by atoms with Crippen LogP contribution in [0.3, 0.4) is 0 Å². The summed E-state index contributed by atoms with van der Waals surface area (Å²) >= 11 is 0. The Hall–Kier alpha value is -3.35. The van der Waals surface area contributed by atoms with E-state index < -0.39 is 0 Å². The van der Waals surface area contributed by atoms with E-state index >= 15 is 0 Å². The molecule has 3 N–H and O–H groups in total. The lowest BCUT2D eigenvalue weighted by Gasteiger charge is -2.10. The number of nitrogens with one attached hydrogen (secondary N) is 1. The SMILES string of the molecule is COc1cc(OC)c2[nH]c(C)c(C)c(=O)c2c1.COc1ccc(N)c(OC)c1. The largest absolute Gasteiger partial charge is 0.497 e. The second-order valence-electron chi connectivity index (χ2n) is 6.06. The van der Waals surface area contributed by atoms with Gasteiger partial charge in [-0.2, -0.15) is 0 Å². The summed E-state index contributed by atoms with van der Waals surface area (Å²) in [5, 5.41) is 0.587. The molecule has 0 saturated carbocycles. The van der Waals surface area contributed by atoms with Crippen LogP contribution in [0.2, 0.25) is 0 Å². The van der Waals surface area contributed by atoms with E-state index in [0.29, 0.717) is 39.4 Å². The number of nitrogens with two attached hydrogens (primary N) is 1. The number of aromatic amines is 1. The van der Waals surface area contributed by atoms with Gasteiger partial charge in [0, 0.05) is 23.4 Å². The molecule has 0 spiro atoms. The van der Waals surface area contributed by atoms with E-state index in [1.54, 1.807) is 65.7 Å². The number of hydrogen-bond acceptors (Lipinski definition) is 6. The number of ether oxygens (including phenoxy) is 4. The Labute approximate surface area is 164 Å². The van der Waals surface area contributed by atoms with Crippen LogP contribution in [0.1, 0.15) is 11.3 Å². The molecule has 0 bridgehead atoms. The minimum Gasteiger partial charge on any atom is -0.497 e. The normalized spacial score (nSPS) is 10.1. The number of aromatic nitrogens is 1. The zero-order chi connectivity index (χ0) is 20.8. The molecule has 0 unspecified atom stereocenters. The fourth-order valence-electron chi connectivity index (χ4n) is 2.65. The second kappa shape index (κ2) is 9.03. The maximum absolute atomic E-state index is 12.2. The molecule has 0 radical (unpaired) electrons. The summed E-state index contributed by atoms with van der Waals surface area (Å²) in [5.74, 6) is 2.61. The van der Waals surface area contributed by atoms with Gasteiger partial charge in [0.2, 0.25) is 0 Å². The molecule has 3 rings (SSSR count). The number of aryl methyl sites for hydroxylation is 1. The highest BCUT2D eigenvalue weighted by Gasteiger charge is 2.11. The van der Waals surface area contributed by atoms with Crippen LogP contribution in [-0.2, 0) is 0 Å². The van der Waals surface area contributed by atoms with Crippen LogP contribution in [0.15, 0.2) is 35.1 Å². The Bertz CT molecular complexity index is 1030. The number of pyridine rings is 1. The zero-order valence-corrected chi connectivity index (χ0v) is 17.0. The number of benzene rings is 2. The Kier molecular flexibility index (Phi) is 6.76. The molecule has 1 heterocycles. The van der Waals surface area contributed by atoms with Crippen LogP contribution in [0, 0.1) is 13.8 Å². The summed E-state index contributed by atoms with van der Waals surface area (Å²) in [7, 11) is 6.31. The number of methoxy groups -OCH3 is 4. The van der Waals surface area contributed by atoms with Crippen LogP contribution >= 0.6 is 0 Å². The smallest absolute Gasteiger partial charge is 0.192 e. The van der Waals surface area contributed by atoms with Gasteiger partial charge in [-0.1, -0.05) is 0 Å². The molecular weight excluding hydrogens is 360 g/mol. The average molecular weight is 386 g/mol. The van der Waals surface area contributed by atoms with Gasteiger partial charge in [-0.05, 0) is 32.0 Å². The first kappa shape index (κ1) is 21.0. The van der Waals surface area contributed by atoms with Gasteiger partial charge in [0.05, 0.1) is 45.0 Å². The molecule has 0 saturated heterocycles. The van der Waals surface area contributed by atoms with Crippen molar-refractivity contribution < 1.29 is 18.9 Å². The highest BCUT2D eigenvalue weighted by Crippen LogP contribution is 2.28. The molecule has 0 aliphatic rings. The molecule has 0 aliphatic heterocycles. The van der Waals surface area contributed by atoms with E-state index in [-0.39, 0.29) is 5.43 Å². The molecule has 2 aromatic carbocycles. The van der Waals surface area contributed by atoms with Crippen LogP contribution < -0.4 is 30.1 Å². The van der Waals surface area contributed by atoms with Crippen LogP contribution in [0.25, 0.3) is 10.9 Å². The van der Waals surface area contributed by atoms with Crippen LogP contribution in [-0.4, -0.2) is 33.4 Å². The Morgan fingerprint density at radius 3 is 2.00 bits per heavy atom. The van der Waals surface area contributed by atoms with E-state index in [1.807, 2.05) is 6.92 Å². The van der Waals surface area contributed by atoms with Gasteiger partial charge in [-0.15, -0.1) is 0 Å². The predicted octanol–water partition coefficient (Wildman–Crippen LogP) is 3.45. The summed E-state index contributed by atoms with van der Waals surface area (Å²) in [6.45, 7) is 3.68. The van der Waals surface area contributed by atoms with Gasteiger partial charge in [0.1, 0.15) is 23.0 Å².